The molecule has 0 aliphatic rings. The van der Waals surface area contributed by atoms with Gasteiger partial charge in [0.2, 0.25) is 0 Å². The van der Waals surface area contributed by atoms with Gasteiger partial charge in [0, 0.05) is 30.2 Å². The van der Waals surface area contributed by atoms with Gasteiger partial charge in [-0.15, -0.1) is 0 Å². The Kier molecular flexibility index (Phi) is 6.03. The Hall–Kier alpha value is -2.28. The number of hydrogen-bond acceptors (Lipinski definition) is 3. The van der Waals surface area contributed by atoms with Crippen LogP contribution in [0, 0.1) is 5.82 Å². The van der Waals surface area contributed by atoms with Crippen molar-refractivity contribution >= 4 is 22.0 Å². The van der Waals surface area contributed by atoms with Crippen molar-refractivity contribution in [2.24, 2.45) is 0 Å². The highest BCUT2D eigenvalue weighted by Gasteiger charge is 2.12. The second-order valence-electron chi connectivity index (χ2n) is 5.26. The molecule has 5 nitrogen and oxygen atoms in total. The van der Waals surface area contributed by atoms with Crippen molar-refractivity contribution < 1.29 is 19.0 Å². The Labute approximate surface area is 148 Å². The maximum Gasteiger partial charge on any atom is 0.317 e. The molecule has 0 aliphatic heterocycles. The number of nitrogens with one attached hydrogen (secondary N) is 1. The monoisotopic (exact) mass is 396 g/mol. The number of aromatic hydroxyl groups is 1. The summed E-state index contributed by atoms with van der Waals surface area (Å²) in [7, 11) is 3.09. The zero-order chi connectivity index (χ0) is 17.7. The van der Waals surface area contributed by atoms with E-state index in [9.17, 15) is 14.3 Å². The predicted molar refractivity (Wildman–Crippen MR) is 92.5 cm³/mol. The molecule has 128 valence electrons. The molecule has 0 bridgehead atoms. The Morgan fingerprint density at radius 2 is 2.08 bits per heavy atom. The van der Waals surface area contributed by atoms with Crippen LogP contribution in [0.25, 0.3) is 0 Å². The van der Waals surface area contributed by atoms with Crippen LogP contribution >= 0.6 is 15.9 Å². The van der Waals surface area contributed by atoms with E-state index in [1.807, 2.05) is 0 Å². The third-order valence-electron chi connectivity index (χ3n) is 3.45. The lowest BCUT2D eigenvalue weighted by molar-refractivity contribution is 0.206. The number of rotatable bonds is 5. The van der Waals surface area contributed by atoms with Gasteiger partial charge in [-0.1, -0.05) is 22.0 Å². The number of methoxy groups -OCH3 is 1. The Morgan fingerprint density at radius 1 is 1.33 bits per heavy atom. The van der Waals surface area contributed by atoms with Crippen LogP contribution in [-0.4, -0.2) is 30.2 Å². The number of ether oxygens (including phenoxy) is 1. The van der Waals surface area contributed by atoms with E-state index in [1.165, 1.54) is 24.1 Å². The van der Waals surface area contributed by atoms with Crippen LogP contribution in [0.1, 0.15) is 11.1 Å². The predicted octanol–water partition coefficient (Wildman–Crippen LogP) is 3.64. The fourth-order valence-electron chi connectivity index (χ4n) is 2.16. The number of carbonyl (C=O) groups excluding carboxylic acids is 1. The number of phenolic OH excluding ortho intramolecular Hbond substituents is 1. The topological polar surface area (TPSA) is 61.8 Å². The molecule has 2 aromatic rings. The molecule has 0 spiro atoms. The lowest BCUT2D eigenvalue weighted by Crippen LogP contribution is -2.36. The van der Waals surface area contributed by atoms with Crippen LogP contribution < -0.4 is 10.1 Å². The first-order valence-corrected chi connectivity index (χ1v) is 7.98. The van der Waals surface area contributed by atoms with E-state index in [1.54, 1.807) is 31.3 Å². The molecule has 0 radical (unpaired) electrons. The molecule has 0 heterocycles. The van der Waals surface area contributed by atoms with Gasteiger partial charge in [-0.05, 0) is 35.9 Å². The van der Waals surface area contributed by atoms with Gasteiger partial charge in [0.15, 0.2) is 11.5 Å². The van der Waals surface area contributed by atoms with Crippen molar-refractivity contribution in [3.05, 3.63) is 57.8 Å². The number of amides is 2. The molecular weight excluding hydrogens is 379 g/mol. The number of halogens is 2. The van der Waals surface area contributed by atoms with Crippen LogP contribution in [0.15, 0.2) is 40.9 Å². The molecule has 0 saturated heterocycles. The molecule has 2 N–H and O–H groups in total. The number of benzene rings is 2. The molecule has 0 saturated carbocycles. The van der Waals surface area contributed by atoms with Gasteiger partial charge in [-0.2, -0.15) is 0 Å². The molecule has 0 aliphatic carbocycles. The average Bonchev–Trinajstić information content (AvgIpc) is 2.55. The maximum atomic E-state index is 13.7. The molecule has 0 aromatic heterocycles. The maximum absolute atomic E-state index is 13.7. The van der Waals surface area contributed by atoms with Crippen LogP contribution in [0.5, 0.6) is 11.5 Å². The summed E-state index contributed by atoms with van der Waals surface area (Å²) >= 11 is 3.27. The summed E-state index contributed by atoms with van der Waals surface area (Å²) in [5.74, 6) is 0.0113. The standard InChI is InChI=1S/C17H18BrFN2O3/c1-21(10-11-3-6-16(24-2)15(22)7-11)17(23)20-9-12-8-13(18)4-5-14(12)19/h3-8,22H,9-10H2,1-2H3,(H,20,23). The zero-order valence-corrected chi connectivity index (χ0v) is 14.9. The summed E-state index contributed by atoms with van der Waals surface area (Å²) in [4.78, 5) is 13.6. The summed E-state index contributed by atoms with van der Waals surface area (Å²) in [6, 6.07) is 9.15. The molecular formula is C17H18BrFN2O3. The Balaban J connectivity index is 1.94. The highest BCUT2D eigenvalue weighted by atomic mass is 79.9. The smallest absolute Gasteiger partial charge is 0.317 e. The first-order chi connectivity index (χ1) is 11.4. The summed E-state index contributed by atoms with van der Waals surface area (Å²) in [5.41, 5.74) is 1.15. The van der Waals surface area contributed by atoms with Crippen LogP contribution in [0.4, 0.5) is 9.18 Å². The van der Waals surface area contributed by atoms with Crippen molar-refractivity contribution in [2.45, 2.75) is 13.1 Å². The Bertz CT molecular complexity index is 740. The van der Waals surface area contributed by atoms with E-state index < -0.39 is 0 Å². The summed E-state index contributed by atoms with van der Waals surface area (Å²) in [5, 5.41) is 12.4. The van der Waals surface area contributed by atoms with Crippen molar-refractivity contribution in [3.63, 3.8) is 0 Å². The number of carbonyl (C=O) groups is 1. The molecule has 24 heavy (non-hydrogen) atoms. The van der Waals surface area contributed by atoms with Crippen molar-refractivity contribution in [1.29, 1.82) is 0 Å². The largest absolute Gasteiger partial charge is 0.504 e. The SMILES string of the molecule is COc1ccc(CN(C)C(=O)NCc2cc(Br)ccc2F)cc1O. The second-order valence-corrected chi connectivity index (χ2v) is 6.17. The number of nitrogens with zero attached hydrogens (tertiary/aromatic N) is 1. The number of urea groups is 1. The molecule has 7 heteroatoms. The van der Waals surface area contributed by atoms with Gasteiger partial charge in [0.1, 0.15) is 5.82 Å². The summed E-state index contributed by atoms with van der Waals surface area (Å²) < 4.78 is 19.4. The van der Waals surface area contributed by atoms with Crippen molar-refractivity contribution in [2.75, 3.05) is 14.2 Å². The third-order valence-corrected chi connectivity index (χ3v) is 3.94. The van der Waals surface area contributed by atoms with Gasteiger partial charge < -0.3 is 20.1 Å². The van der Waals surface area contributed by atoms with Crippen LogP contribution in [0.2, 0.25) is 0 Å². The van der Waals surface area contributed by atoms with E-state index in [-0.39, 0.29) is 24.1 Å². The van der Waals surface area contributed by atoms with E-state index in [2.05, 4.69) is 21.2 Å². The average molecular weight is 397 g/mol. The molecule has 0 fully saturated rings. The minimum absolute atomic E-state index is 0.0139. The fraction of sp³-hybridized carbons (Fsp3) is 0.235. The van der Waals surface area contributed by atoms with Crippen molar-refractivity contribution in [3.8, 4) is 11.5 Å². The van der Waals surface area contributed by atoms with Crippen LogP contribution in [0.3, 0.4) is 0 Å². The number of phenols is 1. The van der Waals surface area contributed by atoms with Gasteiger partial charge >= 0.3 is 6.03 Å². The third kappa shape index (κ3) is 4.61. The number of hydrogen-bond donors (Lipinski definition) is 2. The van der Waals surface area contributed by atoms with Crippen molar-refractivity contribution in [1.82, 2.24) is 10.2 Å². The van der Waals surface area contributed by atoms with Crippen LogP contribution in [-0.2, 0) is 13.1 Å². The summed E-state index contributed by atoms with van der Waals surface area (Å²) in [6.45, 7) is 0.382. The molecule has 2 aromatic carbocycles. The second kappa shape index (κ2) is 8.01. The van der Waals surface area contributed by atoms with E-state index >= 15 is 0 Å². The highest BCUT2D eigenvalue weighted by molar-refractivity contribution is 9.10. The first-order valence-electron chi connectivity index (χ1n) is 7.19. The lowest BCUT2D eigenvalue weighted by Gasteiger charge is -2.18. The van der Waals surface area contributed by atoms with Gasteiger partial charge in [-0.3, -0.25) is 0 Å². The first kappa shape index (κ1) is 18.1. The lowest BCUT2D eigenvalue weighted by atomic mass is 10.2. The van der Waals surface area contributed by atoms with E-state index in [0.717, 1.165) is 10.0 Å². The highest BCUT2D eigenvalue weighted by Crippen LogP contribution is 2.26. The molecule has 0 unspecified atom stereocenters. The zero-order valence-electron chi connectivity index (χ0n) is 13.3. The molecule has 2 rings (SSSR count). The van der Waals surface area contributed by atoms with E-state index in [0.29, 0.717) is 17.9 Å². The minimum atomic E-state index is -0.374. The van der Waals surface area contributed by atoms with Gasteiger partial charge in [0.25, 0.3) is 0 Å². The van der Waals surface area contributed by atoms with E-state index in [4.69, 9.17) is 4.74 Å². The summed E-state index contributed by atoms with van der Waals surface area (Å²) in [6.07, 6.45) is 0. The Morgan fingerprint density at radius 3 is 2.75 bits per heavy atom. The fourth-order valence-corrected chi connectivity index (χ4v) is 2.57. The van der Waals surface area contributed by atoms with Gasteiger partial charge in [-0.25, -0.2) is 9.18 Å². The van der Waals surface area contributed by atoms with Gasteiger partial charge in [0.05, 0.1) is 7.11 Å². The normalized spacial score (nSPS) is 10.3. The molecule has 2 amide bonds. The molecule has 0 atom stereocenters. The minimum Gasteiger partial charge on any atom is -0.504 e. The quantitative estimate of drug-likeness (QED) is 0.810.